The van der Waals surface area contributed by atoms with Gasteiger partial charge < -0.3 is 0 Å². The highest BCUT2D eigenvalue weighted by atomic mass is 127. The molecular formula is C7H5ClI2. The molecule has 0 saturated carbocycles. The van der Waals surface area contributed by atoms with Gasteiger partial charge in [-0.25, -0.2) is 0 Å². The van der Waals surface area contributed by atoms with Crippen LogP contribution in [-0.4, -0.2) is 0 Å². The van der Waals surface area contributed by atoms with Gasteiger partial charge in [0, 0.05) is 13.0 Å². The van der Waals surface area contributed by atoms with Crippen molar-refractivity contribution in [3.8, 4) is 0 Å². The summed E-state index contributed by atoms with van der Waals surface area (Å²) in [7, 11) is 0. The molecule has 0 saturated heterocycles. The van der Waals surface area contributed by atoms with Gasteiger partial charge in [-0.05, 0) is 56.8 Å². The molecule has 1 rings (SSSR count). The third-order valence-corrected chi connectivity index (χ3v) is 4.67. The summed E-state index contributed by atoms with van der Waals surface area (Å²) in [5.74, 6) is 0.606. The largest absolute Gasteiger partial charge is 0.122 e. The second-order valence-corrected chi connectivity index (χ2v) is 4.35. The first-order valence-electron chi connectivity index (χ1n) is 2.74. The smallest absolute Gasteiger partial charge is 0.0484 e. The van der Waals surface area contributed by atoms with Crippen LogP contribution in [0.25, 0.3) is 0 Å². The molecule has 1 aromatic rings. The van der Waals surface area contributed by atoms with Crippen molar-refractivity contribution in [2.75, 3.05) is 0 Å². The van der Waals surface area contributed by atoms with E-state index in [4.69, 9.17) is 11.6 Å². The molecule has 0 atom stereocenters. The van der Waals surface area contributed by atoms with Crippen LogP contribution in [0, 0.1) is 7.14 Å². The van der Waals surface area contributed by atoms with Gasteiger partial charge in [-0.1, -0.05) is 12.1 Å². The van der Waals surface area contributed by atoms with Gasteiger partial charge in [0.05, 0.1) is 0 Å². The third-order valence-electron chi connectivity index (χ3n) is 1.18. The van der Waals surface area contributed by atoms with E-state index in [2.05, 4.69) is 57.3 Å². The molecule has 0 spiro atoms. The minimum Gasteiger partial charge on any atom is -0.122 e. The van der Waals surface area contributed by atoms with Crippen molar-refractivity contribution in [1.29, 1.82) is 0 Å². The van der Waals surface area contributed by atoms with Gasteiger partial charge in [0.15, 0.2) is 0 Å². The van der Waals surface area contributed by atoms with Crippen molar-refractivity contribution >= 4 is 56.8 Å². The highest BCUT2D eigenvalue weighted by Crippen LogP contribution is 2.20. The highest BCUT2D eigenvalue weighted by Gasteiger charge is 1.99. The Kier molecular flexibility index (Phi) is 3.72. The van der Waals surface area contributed by atoms with Crippen LogP contribution in [0.4, 0.5) is 0 Å². The third kappa shape index (κ3) is 1.98. The Morgan fingerprint density at radius 1 is 1.30 bits per heavy atom. The molecule has 0 aliphatic rings. The lowest BCUT2D eigenvalue weighted by atomic mass is 10.2. The molecule has 0 heterocycles. The topological polar surface area (TPSA) is 0 Å². The monoisotopic (exact) mass is 378 g/mol. The van der Waals surface area contributed by atoms with Crippen LogP contribution >= 0.6 is 56.8 Å². The Morgan fingerprint density at radius 2 is 2.00 bits per heavy atom. The molecule has 10 heavy (non-hydrogen) atoms. The zero-order valence-corrected chi connectivity index (χ0v) is 10.1. The fourth-order valence-electron chi connectivity index (χ4n) is 0.652. The molecule has 0 amide bonds. The van der Waals surface area contributed by atoms with Crippen molar-refractivity contribution in [3.63, 3.8) is 0 Å². The molecule has 3 heteroatoms. The fourth-order valence-corrected chi connectivity index (χ4v) is 2.20. The van der Waals surface area contributed by atoms with Gasteiger partial charge >= 0.3 is 0 Å². The van der Waals surface area contributed by atoms with Gasteiger partial charge in [-0.2, -0.15) is 0 Å². The zero-order valence-electron chi connectivity index (χ0n) is 5.07. The number of alkyl halides is 1. The van der Waals surface area contributed by atoms with Crippen molar-refractivity contribution in [2.24, 2.45) is 0 Å². The van der Waals surface area contributed by atoms with Gasteiger partial charge in [0.1, 0.15) is 0 Å². The minimum absolute atomic E-state index is 0.606. The predicted octanol–water partition coefficient (Wildman–Crippen LogP) is 3.63. The lowest BCUT2D eigenvalue weighted by molar-refractivity contribution is 1.35. The van der Waals surface area contributed by atoms with E-state index in [1.165, 1.54) is 12.7 Å². The standard InChI is InChI=1S/C7H5ClI2/c8-4-5-2-1-3-6(9)7(5)10/h1-3H,4H2. The van der Waals surface area contributed by atoms with Crippen LogP contribution in [-0.2, 0) is 5.88 Å². The number of benzene rings is 1. The van der Waals surface area contributed by atoms with E-state index in [0.29, 0.717) is 5.88 Å². The van der Waals surface area contributed by atoms with E-state index < -0.39 is 0 Å². The second kappa shape index (κ2) is 4.11. The van der Waals surface area contributed by atoms with E-state index in [1.54, 1.807) is 0 Å². The molecule has 0 radical (unpaired) electrons. The summed E-state index contributed by atoms with van der Waals surface area (Å²) in [4.78, 5) is 0. The summed E-state index contributed by atoms with van der Waals surface area (Å²) >= 11 is 10.3. The molecule has 0 fully saturated rings. The summed E-state index contributed by atoms with van der Waals surface area (Å²) in [5.41, 5.74) is 1.22. The van der Waals surface area contributed by atoms with Crippen molar-refractivity contribution < 1.29 is 0 Å². The maximum atomic E-state index is 5.70. The van der Waals surface area contributed by atoms with Crippen molar-refractivity contribution in [3.05, 3.63) is 30.9 Å². The second-order valence-electron chi connectivity index (χ2n) is 1.85. The van der Waals surface area contributed by atoms with Crippen LogP contribution in [0.2, 0.25) is 0 Å². The van der Waals surface area contributed by atoms with E-state index in [-0.39, 0.29) is 0 Å². The predicted molar refractivity (Wildman–Crippen MR) is 61.4 cm³/mol. The maximum Gasteiger partial charge on any atom is 0.0484 e. The average Bonchev–Trinajstić information content (AvgIpc) is 1.95. The number of halogens is 3. The van der Waals surface area contributed by atoms with Crippen LogP contribution in [0.15, 0.2) is 18.2 Å². The van der Waals surface area contributed by atoms with Crippen molar-refractivity contribution in [1.82, 2.24) is 0 Å². The normalized spacial score (nSPS) is 9.90. The van der Waals surface area contributed by atoms with E-state index in [0.717, 1.165) is 0 Å². The molecule has 0 aliphatic carbocycles. The molecule has 54 valence electrons. The molecule has 0 aliphatic heterocycles. The molecule has 0 unspecified atom stereocenters. The molecule has 0 bridgehead atoms. The Hall–Kier alpha value is 0.970. The molecule has 0 N–H and O–H groups in total. The van der Waals surface area contributed by atoms with Gasteiger partial charge in [0.25, 0.3) is 0 Å². The minimum atomic E-state index is 0.606. The number of rotatable bonds is 1. The highest BCUT2D eigenvalue weighted by molar-refractivity contribution is 14.1. The van der Waals surface area contributed by atoms with Crippen LogP contribution in [0.3, 0.4) is 0 Å². The Balaban J connectivity index is 3.14. The SMILES string of the molecule is ClCc1cccc(I)c1I. The molecule has 1 aromatic carbocycles. The Morgan fingerprint density at radius 3 is 2.50 bits per heavy atom. The quantitative estimate of drug-likeness (QED) is 0.517. The Labute approximate surface area is 92.6 Å². The van der Waals surface area contributed by atoms with Gasteiger partial charge in [-0.15, -0.1) is 11.6 Å². The van der Waals surface area contributed by atoms with Crippen LogP contribution in [0.5, 0.6) is 0 Å². The lowest BCUT2D eigenvalue weighted by Crippen LogP contribution is -1.86. The maximum absolute atomic E-state index is 5.70. The van der Waals surface area contributed by atoms with Crippen LogP contribution < -0.4 is 0 Å². The molecule has 0 nitrogen and oxygen atoms in total. The average molecular weight is 378 g/mol. The van der Waals surface area contributed by atoms with Crippen LogP contribution in [0.1, 0.15) is 5.56 Å². The first-order valence-corrected chi connectivity index (χ1v) is 5.43. The van der Waals surface area contributed by atoms with E-state index in [9.17, 15) is 0 Å². The molecular weight excluding hydrogens is 373 g/mol. The lowest BCUT2D eigenvalue weighted by Gasteiger charge is -2.00. The number of hydrogen-bond acceptors (Lipinski definition) is 0. The van der Waals surface area contributed by atoms with Crippen molar-refractivity contribution in [2.45, 2.75) is 5.88 Å². The molecule has 0 aromatic heterocycles. The summed E-state index contributed by atoms with van der Waals surface area (Å²) in [6.07, 6.45) is 0. The first-order chi connectivity index (χ1) is 4.75. The summed E-state index contributed by atoms with van der Waals surface area (Å²) < 4.78 is 2.55. The summed E-state index contributed by atoms with van der Waals surface area (Å²) in [6.45, 7) is 0. The number of hydrogen-bond donors (Lipinski definition) is 0. The Bertz CT molecular complexity index is 235. The van der Waals surface area contributed by atoms with Gasteiger partial charge in [-0.3, -0.25) is 0 Å². The fraction of sp³-hybridized carbons (Fsp3) is 0.143. The summed E-state index contributed by atoms with van der Waals surface area (Å²) in [6, 6.07) is 6.16. The first kappa shape index (κ1) is 9.06. The van der Waals surface area contributed by atoms with E-state index in [1.807, 2.05) is 6.07 Å². The van der Waals surface area contributed by atoms with E-state index >= 15 is 0 Å². The van der Waals surface area contributed by atoms with Gasteiger partial charge in [0.2, 0.25) is 0 Å². The summed E-state index contributed by atoms with van der Waals surface area (Å²) in [5, 5.41) is 0. The zero-order chi connectivity index (χ0) is 7.56.